The number of ether oxygens (including phenoxy) is 2. The topological polar surface area (TPSA) is 105 Å². The molecule has 1 atom stereocenters. The van der Waals surface area contributed by atoms with Crippen LogP contribution in [0.25, 0.3) is 10.2 Å². The number of carbonyl (C=O) groups is 1. The number of aryl methyl sites for hydroxylation is 1. The van der Waals surface area contributed by atoms with E-state index in [4.69, 9.17) is 9.47 Å². The minimum atomic E-state index is -0.683. The van der Waals surface area contributed by atoms with Crippen LogP contribution in [0.15, 0.2) is 35.1 Å². The summed E-state index contributed by atoms with van der Waals surface area (Å²) in [4.78, 5) is 35.5. The number of aliphatic hydroxyl groups is 1. The van der Waals surface area contributed by atoms with Crippen LogP contribution in [0.3, 0.4) is 0 Å². The van der Waals surface area contributed by atoms with Crippen molar-refractivity contribution < 1.29 is 19.4 Å². The monoisotopic (exact) mass is 487 g/mol. The largest absolute Gasteiger partial charge is 0.462 e. The number of carbonyl (C=O) groups excluding carboxylic acids is 1. The number of H-pyrrole nitrogens is 1. The molecule has 9 heteroatoms. The predicted molar refractivity (Wildman–Crippen MR) is 133 cm³/mol. The second-order valence-electron chi connectivity index (χ2n) is 8.71. The summed E-state index contributed by atoms with van der Waals surface area (Å²) < 4.78 is 10.7. The molecule has 0 spiro atoms. The van der Waals surface area contributed by atoms with Gasteiger partial charge in [0.2, 0.25) is 0 Å². The van der Waals surface area contributed by atoms with Crippen molar-refractivity contribution in [3.8, 4) is 0 Å². The molecule has 0 saturated heterocycles. The van der Waals surface area contributed by atoms with Crippen LogP contribution in [0, 0.1) is 12.8 Å². The van der Waals surface area contributed by atoms with E-state index in [-0.39, 0.29) is 18.8 Å². The van der Waals surface area contributed by atoms with Crippen LogP contribution in [-0.2, 0) is 22.6 Å². The summed E-state index contributed by atoms with van der Waals surface area (Å²) in [6.45, 7) is 9.93. The molecule has 8 nitrogen and oxygen atoms in total. The molecule has 2 heterocycles. The number of rotatable bonds is 12. The molecule has 0 aliphatic rings. The van der Waals surface area contributed by atoms with Crippen molar-refractivity contribution in [2.24, 2.45) is 5.92 Å². The summed E-state index contributed by atoms with van der Waals surface area (Å²) >= 11 is 1.17. The number of esters is 1. The smallest absolute Gasteiger partial charge is 0.348 e. The Balaban J connectivity index is 1.83. The standard InChI is InChI=1S/C25H33N3O5S/c1-5-33-25(31)22-17(4)21-23(30)26-20(27-24(21)34-22)13-28(11-18-9-7-6-8-10-18)12-19(29)15-32-14-16(2)3/h6-10,16,19,29H,5,11-15H2,1-4H3,(H,26,27,30). The lowest BCUT2D eigenvalue weighted by molar-refractivity contribution is 0.00517. The van der Waals surface area contributed by atoms with E-state index in [1.165, 1.54) is 11.3 Å². The van der Waals surface area contributed by atoms with E-state index in [0.717, 1.165) is 5.56 Å². The van der Waals surface area contributed by atoms with Crippen LogP contribution in [0.2, 0.25) is 0 Å². The van der Waals surface area contributed by atoms with Gasteiger partial charge in [0.1, 0.15) is 15.5 Å². The highest BCUT2D eigenvalue weighted by molar-refractivity contribution is 7.20. The number of aliphatic hydroxyl groups excluding tert-OH is 1. The van der Waals surface area contributed by atoms with Crippen molar-refractivity contribution in [3.05, 3.63) is 62.5 Å². The number of hydrogen-bond donors (Lipinski definition) is 2. The fourth-order valence-electron chi connectivity index (χ4n) is 3.68. The van der Waals surface area contributed by atoms with Gasteiger partial charge in [0.15, 0.2) is 0 Å². The van der Waals surface area contributed by atoms with Crippen molar-refractivity contribution in [1.29, 1.82) is 0 Å². The Morgan fingerprint density at radius 3 is 2.62 bits per heavy atom. The molecule has 3 rings (SSSR count). The van der Waals surface area contributed by atoms with Gasteiger partial charge in [0.25, 0.3) is 5.56 Å². The quantitative estimate of drug-likeness (QED) is 0.377. The van der Waals surface area contributed by atoms with Crippen molar-refractivity contribution >= 4 is 27.5 Å². The molecule has 0 aliphatic carbocycles. The van der Waals surface area contributed by atoms with E-state index in [0.29, 0.717) is 58.6 Å². The van der Waals surface area contributed by atoms with Crippen molar-refractivity contribution in [2.75, 3.05) is 26.4 Å². The third-order valence-corrected chi connectivity index (χ3v) is 6.33. The van der Waals surface area contributed by atoms with Gasteiger partial charge in [-0.05, 0) is 30.9 Å². The van der Waals surface area contributed by atoms with E-state index >= 15 is 0 Å². The van der Waals surface area contributed by atoms with Gasteiger partial charge in [0, 0.05) is 19.7 Å². The molecule has 0 radical (unpaired) electrons. The molecule has 2 aromatic heterocycles. The Hall–Kier alpha value is -2.59. The summed E-state index contributed by atoms with van der Waals surface area (Å²) in [6, 6.07) is 9.92. The van der Waals surface area contributed by atoms with Gasteiger partial charge < -0.3 is 19.6 Å². The second kappa shape index (κ2) is 12.2. The summed E-state index contributed by atoms with van der Waals surface area (Å²) in [6.07, 6.45) is -0.683. The third-order valence-electron chi connectivity index (χ3n) is 5.16. The first-order valence-electron chi connectivity index (χ1n) is 11.5. The normalized spacial score (nSPS) is 12.6. The first-order valence-corrected chi connectivity index (χ1v) is 12.3. The molecule has 184 valence electrons. The number of nitrogens with one attached hydrogen (secondary N) is 1. The number of fused-ring (bicyclic) bond motifs is 1. The van der Waals surface area contributed by atoms with E-state index < -0.39 is 12.1 Å². The fourth-order valence-corrected chi connectivity index (χ4v) is 4.78. The molecule has 0 fully saturated rings. The Labute approximate surface area is 203 Å². The average Bonchev–Trinajstić information content (AvgIpc) is 3.11. The van der Waals surface area contributed by atoms with Gasteiger partial charge in [-0.15, -0.1) is 11.3 Å². The Kier molecular flexibility index (Phi) is 9.35. The van der Waals surface area contributed by atoms with Crippen molar-refractivity contribution in [2.45, 2.75) is 46.9 Å². The zero-order valence-electron chi connectivity index (χ0n) is 20.2. The minimum absolute atomic E-state index is 0.236. The first kappa shape index (κ1) is 26.0. The molecule has 2 N–H and O–H groups in total. The number of aromatic amines is 1. The zero-order chi connectivity index (χ0) is 24.7. The number of hydrogen-bond acceptors (Lipinski definition) is 8. The summed E-state index contributed by atoms with van der Waals surface area (Å²) in [5.74, 6) is 0.418. The summed E-state index contributed by atoms with van der Waals surface area (Å²) in [5, 5.41) is 11.0. The lowest BCUT2D eigenvalue weighted by atomic mass is 10.2. The van der Waals surface area contributed by atoms with Gasteiger partial charge in [-0.1, -0.05) is 44.2 Å². The number of nitrogens with zero attached hydrogens (tertiary/aromatic N) is 2. The van der Waals surface area contributed by atoms with Crippen LogP contribution in [0.1, 0.15) is 47.4 Å². The molecule has 0 amide bonds. The summed E-state index contributed by atoms with van der Waals surface area (Å²) in [5.41, 5.74) is 1.38. The molecule has 1 aromatic carbocycles. The lowest BCUT2D eigenvalue weighted by Gasteiger charge is -2.25. The average molecular weight is 488 g/mol. The Morgan fingerprint density at radius 2 is 1.94 bits per heavy atom. The number of aromatic nitrogens is 2. The highest BCUT2D eigenvalue weighted by Gasteiger charge is 2.21. The lowest BCUT2D eigenvalue weighted by Crippen LogP contribution is -2.35. The molecule has 1 unspecified atom stereocenters. The van der Waals surface area contributed by atoms with Gasteiger partial charge in [-0.2, -0.15) is 0 Å². The molecular formula is C25H33N3O5S. The van der Waals surface area contributed by atoms with Gasteiger partial charge in [0.05, 0.1) is 31.2 Å². The first-order chi connectivity index (χ1) is 16.3. The molecule has 34 heavy (non-hydrogen) atoms. The van der Waals surface area contributed by atoms with Crippen LogP contribution in [0.5, 0.6) is 0 Å². The van der Waals surface area contributed by atoms with Crippen LogP contribution in [-0.4, -0.2) is 58.4 Å². The van der Waals surface area contributed by atoms with E-state index in [2.05, 4.69) is 23.8 Å². The van der Waals surface area contributed by atoms with Crippen LogP contribution in [0.4, 0.5) is 0 Å². The van der Waals surface area contributed by atoms with Gasteiger partial charge >= 0.3 is 5.97 Å². The molecule has 0 saturated carbocycles. The molecule has 3 aromatic rings. The van der Waals surface area contributed by atoms with E-state index in [9.17, 15) is 14.7 Å². The number of thiophene rings is 1. The highest BCUT2D eigenvalue weighted by atomic mass is 32.1. The van der Waals surface area contributed by atoms with E-state index in [1.54, 1.807) is 13.8 Å². The maximum atomic E-state index is 12.9. The van der Waals surface area contributed by atoms with Crippen LogP contribution >= 0.6 is 11.3 Å². The Morgan fingerprint density at radius 1 is 1.21 bits per heavy atom. The van der Waals surface area contributed by atoms with E-state index in [1.807, 2.05) is 35.2 Å². The third kappa shape index (κ3) is 6.96. The van der Waals surface area contributed by atoms with Crippen molar-refractivity contribution in [1.82, 2.24) is 14.9 Å². The van der Waals surface area contributed by atoms with Gasteiger partial charge in [-0.25, -0.2) is 9.78 Å². The molecule has 0 aliphatic heterocycles. The molecular weight excluding hydrogens is 454 g/mol. The van der Waals surface area contributed by atoms with Crippen LogP contribution < -0.4 is 5.56 Å². The maximum absolute atomic E-state index is 12.9. The summed E-state index contributed by atoms with van der Waals surface area (Å²) in [7, 11) is 0. The maximum Gasteiger partial charge on any atom is 0.348 e. The Bertz CT molecular complexity index is 1140. The number of benzene rings is 1. The van der Waals surface area contributed by atoms with Gasteiger partial charge in [-0.3, -0.25) is 9.69 Å². The highest BCUT2D eigenvalue weighted by Crippen LogP contribution is 2.27. The predicted octanol–water partition coefficient (Wildman–Crippen LogP) is 3.51. The molecule has 0 bridgehead atoms. The van der Waals surface area contributed by atoms with Crippen molar-refractivity contribution in [3.63, 3.8) is 0 Å². The zero-order valence-corrected chi connectivity index (χ0v) is 21.0. The minimum Gasteiger partial charge on any atom is -0.462 e. The second-order valence-corrected chi connectivity index (χ2v) is 9.71. The SMILES string of the molecule is CCOC(=O)c1sc2nc(CN(Cc3ccccc3)CC(O)COCC(C)C)[nH]c(=O)c2c1C. The fraction of sp³-hybridized carbons (Fsp3) is 0.480.